The molecule has 1 unspecified atom stereocenters. The number of ether oxygens (including phenoxy) is 1. The second-order valence-electron chi connectivity index (χ2n) is 5.29. The Balaban J connectivity index is 1.83. The quantitative estimate of drug-likeness (QED) is 0.809. The number of amides is 1. The number of nitrogens with one attached hydrogen (secondary N) is 1. The van der Waals surface area contributed by atoms with Gasteiger partial charge in [-0.05, 0) is 30.4 Å². The summed E-state index contributed by atoms with van der Waals surface area (Å²) in [4.78, 5) is 11.8. The summed E-state index contributed by atoms with van der Waals surface area (Å²) < 4.78 is 5.79. The van der Waals surface area contributed by atoms with E-state index in [4.69, 9.17) is 4.74 Å². The molecule has 3 atom stereocenters. The van der Waals surface area contributed by atoms with E-state index in [-0.39, 0.29) is 17.9 Å². The molecule has 0 bridgehead atoms. The van der Waals surface area contributed by atoms with Crippen LogP contribution in [0.5, 0.6) is 0 Å². The van der Waals surface area contributed by atoms with Gasteiger partial charge in [0.25, 0.3) is 0 Å². The minimum absolute atomic E-state index is 0.0369. The molecular formula is C16H23NO3S. The largest absolute Gasteiger partial charge is 0.383 e. The summed E-state index contributed by atoms with van der Waals surface area (Å²) >= 11 is 1.63. The lowest BCUT2D eigenvalue weighted by atomic mass is 9.95. The van der Waals surface area contributed by atoms with E-state index in [0.29, 0.717) is 13.0 Å². The zero-order valence-corrected chi connectivity index (χ0v) is 13.1. The molecule has 0 aromatic heterocycles. The lowest BCUT2D eigenvalue weighted by Crippen LogP contribution is -2.38. The van der Waals surface area contributed by atoms with E-state index in [0.717, 1.165) is 24.3 Å². The summed E-state index contributed by atoms with van der Waals surface area (Å²) in [7, 11) is 0. The molecular weight excluding hydrogens is 286 g/mol. The van der Waals surface area contributed by atoms with Crippen molar-refractivity contribution in [3.05, 3.63) is 35.9 Å². The first kappa shape index (κ1) is 16.3. The molecule has 1 aromatic rings. The van der Waals surface area contributed by atoms with Crippen LogP contribution in [0.3, 0.4) is 0 Å². The third-order valence-corrected chi connectivity index (χ3v) is 4.42. The fourth-order valence-electron chi connectivity index (χ4n) is 2.56. The highest BCUT2D eigenvalue weighted by atomic mass is 32.2. The molecule has 2 rings (SSSR count). The van der Waals surface area contributed by atoms with E-state index < -0.39 is 6.10 Å². The summed E-state index contributed by atoms with van der Waals surface area (Å²) in [6.45, 7) is 1.27. The minimum Gasteiger partial charge on any atom is -0.383 e. The van der Waals surface area contributed by atoms with Crippen LogP contribution in [-0.2, 0) is 9.53 Å². The van der Waals surface area contributed by atoms with Crippen LogP contribution >= 0.6 is 11.8 Å². The van der Waals surface area contributed by atoms with Crippen LogP contribution in [0, 0.1) is 5.92 Å². The average Bonchev–Trinajstić information content (AvgIpc) is 2.99. The Morgan fingerprint density at radius 1 is 1.48 bits per heavy atom. The first-order valence-electron chi connectivity index (χ1n) is 7.33. The predicted octanol–water partition coefficient (Wildman–Crippen LogP) is 1.99. The molecule has 5 heteroatoms. The van der Waals surface area contributed by atoms with Crippen molar-refractivity contribution >= 4 is 17.7 Å². The smallest absolute Gasteiger partial charge is 0.248 e. The van der Waals surface area contributed by atoms with Gasteiger partial charge in [-0.3, -0.25) is 4.79 Å². The second-order valence-corrected chi connectivity index (χ2v) is 6.28. The Labute approximate surface area is 130 Å². The van der Waals surface area contributed by atoms with Crippen molar-refractivity contribution in [1.82, 2.24) is 5.32 Å². The predicted molar refractivity (Wildman–Crippen MR) is 85.3 cm³/mol. The molecule has 1 heterocycles. The third kappa shape index (κ3) is 4.73. The van der Waals surface area contributed by atoms with E-state index in [1.807, 2.05) is 24.5 Å². The van der Waals surface area contributed by atoms with E-state index in [2.05, 4.69) is 17.4 Å². The molecule has 21 heavy (non-hydrogen) atoms. The standard InChI is InChI=1S/C16H23NO3S/c1-21-10-8-14(18)16(19)17-11-13-7-9-20-15(13)12-5-3-2-4-6-12/h2-6,13-15,18H,7-11H2,1H3,(H,17,19)/t13-,14?,15-/m1/s1. The number of carbonyl (C=O) groups excluding carboxylic acids is 1. The summed E-state index contributed by atoms with van der Waals surface area (Å²) in [5.74, 6) is 0.778. The van der Waals surface area contributed by atoms with Gasteiger partial charge in [0.05, 0.1) is 6.10 Å². The third-order valence-electron chi connectivity index (χ3n) is 3.78. The number of carbonyl (C=O) groups is 1. The number of aliphatic hydroxyl groups excluding tert-OH is 1. The van der Waals surface area contributed by atoms with Gasteiger partial charge in [-0.15, -0.1) is 0 Å². The zero-order valence-electron chi connectivity index (χ0n) is 12.3. The maximum atomic E-state index is 11.8. The molecule has 1 saturated heterocycles. The average molecular weight is 309 g/mol. The molecule has 4 nitrogen and oxygen atoms in total. The van der Waals surface area contributed by atoms with Crippen LogP contribution in [0.1, 0.15) is 24.5 Å². The molecule has 1 amide bonds. The lowest BCUT2D eigenvalue weighted by Gasteiger charge is -2.20. The summed E-state index contributed by atoms with van der Waals surface area (Å²) in [5, 5.41) is 12.6. The van der Waals surface area contributed by atoms with Gasteiger partial charge in [-0.1, -0.05) is 30.3 Å². The Morgan fingerprint density at radius 2 is 2.24 bits per heavy atom. The molecule has 0 aliphatic carbocycles. The lowest BCUT2D eigenvalue weighted by molar-refractivity contribution is -0.129. The van der Waals surface area contributed by atoms with Crippen molar-refractivity contribution in [3.8, 4) is 0 Å². The van der Waals surface area contributed by atoms with Crippen molar-refractivity contribution in [2.75, 3.05) is 25.2 Å². The summed E-state index contributed by atoms with van der Waals surface area (Å²) in [6.07, 6.45) is 2.52. The van der Waals surface area contributed by atoms with E-state index in [9.17, 15) is 9.90 Å². The van der Waals surface area contributed by atoms with Gasteiger partial charge in [0.1, 0.15) is 6.10 Å². The van der Waals surface area contributed by atoms with Gasteiger partial charge >= 0.3 is 0 Å². The van der Waals surface area contributed by atoms with Crippen LogP contribution < -0.4 is 5.32 Å². The Kier molecular flexibility index (Phi) is 6.54. The summed E-state index contributed by atoms with van der Waals surface area (Å²) in [5.41, 5.74) is 1.15. The number of thioether (sulfide) groups is 1. The Bertz CT molecular complexity index is 440. The van der Waals surface area contributed by atoms with Crippen molar-refractivity contribution in [1.29, 1.82) is 0 Å². The molecule has 2 N–H and O–H groups in total. The van der Waals surface area contributed by atoms with Crippen molar-refractivity contribution in [3.63, 3.8) is 0 Å². The van der Waals surface area contributed by atoms with Gasteiger partial charge in [0, 0.05) is 19.1 Å². The molecule has 1 aliphatic rings. The van der Waals surface area contributed by atoms with Crippen LogP contribution in [0.4, 0.5) is 0 Å². The van der Waals surface area contributed by atoms with Crippen LogP contribution in [-0.4, -0.2) is 42.3 Å². The van der Waals surface area contributed by atoms with E-state index >= 15 is 0 Å². The van der Waals surface area contributed by atoms with Gasteiger partial charge in [0.15, 0.2) is 0 Å². The number of hydrogen-bond acceptors (Lipinski definition) is 4. The van der Waals surface area contributed by atoms with E-state index in [1.54, 1.807) is 11.8 Å². The highest BCUT2D eigenvalue weighted by Gasteiger charge is 2.30. The van der Waals surface area contributed by atoms with Gasteiger partial charge in [-0.25, -0.2) is 0 Å². The molecule has 1 aliphatic heterocycles. The fourth-order valence-corrected chi connectivity index (χ4v) is 3.02. The molecule has 0 saturated carbocycles. The molecule has 0 spiro atoms. The number of hydrogen-bond donors (Lipinski definition) is 2. The summed E-state index contributed by atoms with van der Waals surface area (Å²) in [6, 6.07) is 10.1. The monoisotopic (exact) mass is 309 g/mol. The fraction of sp³-hybridized carbons (Fsp3) is 0.562. The van der Waals surface area contributed by atoms with Crippen molar-refractivity contribution < 1.29 is 14.6 Å². The van der Waals surface area contributed by atoms with Crippen LogP contribution in [0.2, 0.25) is 0 Å². The maximum Gasteiger partial charge on any atom is 0.248 e. The molecule has 0 radical (unpaired) electrons. The van der Waals surface area contributed by atoms with Gasteiger partial charge < -0.3 is 15.2 Å². The van der Waals surface area contributed by atoms with Crippen molar-refractivity contribution in [2.45, 2.75) is 25.0 Å². The molecule has 1 aromatic carbocycles. The number of aliphatic hydroxyl groups is 1. The Morgan fingerprint density at radius 3 is 2.95 bits per heavy atom. The normalized spacial score (nSPS) is 23.0. The van der Waals surface area contributed by atoms with E-state index in [1.165, 1.54) is 0 Å². The highest BCUT2D eigenvalue weighted by Crippen LogP contribution is 2.33. The van der Waals surface area contributed by atoms with Crippen LogP contribution in [0.15, 0.2) is 30.3 Å². The number of rotatable bonds is 7. The topological polar surface area (TPSA) is 58.6 Å². The van der Waals surface area contributed by atoms with Gasteiger partial charge in [-0.2, -0.15) is 11.8 Å². The van der Waals surface area contributed by atoms with Crippen molar-refractivity contribution in [2.24, 2.45) is 5.92 Å². The SMILES string of the molecule is CSCCC(O)C(=O)NC[C@H]1CCO[C@@H]1c1ccccc1. The molecule has 1 fully saturated rings. The highest BCUT2D eigenvalue weighted by molar-refractivity contribution is 7.98. The Hall–Kier alpha value is -1.04. The first-order valence-corrected chi connectivity index (χ1v) is 8.73. The number of benzene rings is 1. The molecule has 116 valence electrons. The second kappa shape index (κ2) is 8.41. The zero-order chi connectivity index (χ0) is 15.1. The first-order chi connectivity index (χ1) is 10.2. The minimum atomic E-state index is -0.907. The van der Waals surface area contributed by atoms with Gasteiger partial charge in [0.2, 0.25) is 5.91 Å². The maximum absolute atomic E-state index is 11.8. The van der Waals surface area contributed by atoms with Crippen LogP contribution in [0.25, 0.3) is 0 Å².